The van der Waals surface area contributed by atoms with Crippen LogP contribution in [0, 0.1) is 5.92 Å². The van der Waals surface area contributed by atoms with Crippen molar-refractivity contribution in [1.29, 1.82) is 0 Å². The first-order chi connectivity index (χ1) is 9.12. The van der Waals surface area contributed by atoms with E-state index in [4.69, 9.17) is 0 Å². The molecule has 1 amide bonds. The lowest BCUT2D eigenvalue weighted by Crippen LogP contribution is -2.45. The number of hydrogen-bond donors (Lipinski definition) is 1. The van der Waals surface area contributed by atoms with E-state index in [0.29, 0.717) is 11.9 Å². The zero-order chi connectivity index (χ0) is 13.5. The molecule has 0 radical (unpaired) electrons. The van der Waals surface area contributed by atoms with Crippen molar-refractivity contribution in [2.45, 2.75) is 89.4 Å². The standard InChI is InChI=1S/C16H28N2O/c1-12-6-5-7-14(9-8-12)18-13(2)17-16(15(18)19)10-3-4-11-16/h12-14,17H,3-11H2,1-2H3. The molecule has 2 aliphatic carbocycles. The molecule has 0 aromatic carbocycles. The van der Waals surface area contributed by atoms with Crippen molar-refractivity contribution in [3.05, 3.63) is 0 Å². The molecule has 3 heteroatoms. The van der Waals surface area contributed by atoms with Gasteiger partial charge in [-0.1, -0.05) is 32.6 Å². The lowest BCUT2D eigenvalue weighted by Gasteiger charge is -2.31. The van der Waals surface area contributed by atoms with Gasteiger partial charge < -0.3 is 4.90 Å². The average molecular weight is 264 g/mol. The quantitative estimate of drug-likeness (QED) is 0.738. The number of hydrogen-bond acceptors (Lipinski definition) is 2. The van der Waals surface area contributed by atoms with Gasteiger partial charge in [0.25, 0.3) is 0 Å². The molecule has 3 fully saturated rings. The minimum Gasteiger partial charge on any atom is -0.323 e. The van der Waals surface area contributed by atoms with Crippen LogP contribution in [0.3, 0.4) is 0 Å². The molecule has 0 aromatic heterocycles. The van der Waals surface area contributed by atoms with Crippen LogP contribution in [0.25, 0.3) is 0 Å². The fourth-order valence-corrected chi connectivity index (χ4v) is 4.52. The van der Waals surface area contributed by atoms with Gasteiger partial charge in [-0.05, 0) is 44.9 Å². The highest BCUT2D eigenvalue weighted by Gasteiger charge is 2.52. The fourth-order valence-electron chi connectivity index (χ4n) is 4.52. The van der Waals surface area contributed by atoms with E-state index in [1.54, 1.807) is 0 Å². The fraction of sp³-hybridized carbons (Fsp3) is 0.938. The first-order valence-electron chi connectivity index (χ1n) is 8.23. The first-order valence-corrected chi connectivity index (χ1v) is 8.23. The largest absolute Gasteiger partial charge is 0.323 e. The maximum absolute atomic E-state index is 12.9. The predicted molar refractivity (Wildman–Crippen MR) is 76.7 cm³/mol. The molecule has 108 valence electrons. The van der Waals surface area contributed by atoms with E-state index in [9.17, 15) is 4.79 Å². The lowest BCUT2D eigenvalue weighted by molar-refractivity contribution is -0.135. The maximum Gasteiger partial charge on any atom is 0.244 e. The van der Waals surface area contributed by atoms with E-state index in [1.807, 2.05) is 0 Å². The molecule has 1 N–H and O–H groups in total. The second-order valence-corrected chi connectivity index (χ2v) is 7.09. The van der Waals surface area contributed by atoms with Gasteiger partial charge in [0.15, 0.2) is 0 Å². The molecule has 3 nitrogen and oxygen atoms in total. The Bertz CT molecular complexity index is 349. The first kappa shape index (κ1) is 13.4. The molecule has 19 heavy (non-hydrogen) atoms. The summed E-state index contributed by atoms with van der Waals surface area (Å²) in [7, 11) is 0. The highest BCUT2D eigenvalue weighted by atomic mass is 16.2. The summed E-state index contributed by atoms with van der Waals surface area (Å²) < 4.78 is 0. The monoisotopic (exact) mass is 264 g/mol. The van der Waals surface area contributed by atoms with E-state index < -0.39 is 0 Å². The highest BCUT2D eigenvalue weighted by Crippen LogP contribution is 2.39. The second-order valence-electron chi connectivity index (χ2n) is 7.09. The van der Waals surface area contributed by atoms with Gasteiger partial charge in [-0.15, -0.1) is 0 Å². The summed E-state index contributed by atoms with van der Waals surface area (Å²) in [6.45, 7) is 4.54. The van der Waals surface area contributed by atoms with Crippen LogP contribution in [-0.2, 0) is 4.79 Å². The minimum atomic E-state index is -0.183. The van der Waals surface area contributed by atoms with Crippen molar-refractivity contribution in [2.24, 2.45) is 5.92 Å². The van der Waals surface area contributed by atoms with Crippen molar-refractivity contribution < 1.29 is 4.79 Å². The number of rotatable bonds is 1. The zero-order valence-corrected chi connectivity index (χ0v) is 12.5. The molecule has 1 aliphatic heterocycles. The highest BCUT2D eigenvalue weighted by molar-refractivity contribution is 5.89. The van der Waals surface area contributed by atoms with Crippen molar-refractivity contribution in [1.82, 2.24) is 10.2 Å². The Kier molecular flexibility index (Phi) is 3.59. The third-order valence-electron chi connectivity index (χ3n) is 5.62. The Morgan fingerprint density at radius 3 is 2.53 bits per heavy atom. The SMILES string of the molecule is CC1CCCC(N2C(=O)C3(CCCC3)NC2C)CC1. The molecular formula is C16H28N2O. The van der Waals surface area contributed by atoms with E-state index in [2.05, 4.69) is 24.1 Å². The Morgan fingerprint density at radius 1 is 1.05 bits per heavy atom. The molecule has 2 saturated carbocycles. The van der Waals surface area contributed by atoms with E-state index >= 15 is 0 Å². The van der Waals surface area contributed by atoms with Crippen molar-refractivity contribution >= 4 is 5.91 Å². The van der Waals surface area contributed by atoms with Crippen molar-refractivity contribution in [3.8, 4) is 0 Å². The smallest absolute Gasteiger partial charge is 0.244 e. The van der Waals surface area contributed by atoms with Gasteiger partial charge >= 0.3 is 0 Å². The number of nitrogens with zero attached hydrogens (tertiary/aromatic N) is 1. The molecule has 3 rings (SSSR count). The summed E-state index contributed by atoms with van der Waals surface area (Å²) in [6, 6.07) is 0.486. The van der Waals surface area contributed by atoms with Crippen molar-refractivity contribution in [2.75, 3.05) is 0 Å². The Hall–Kier alpha value is -0.570. The predicted octanol–water partition coefficient (Wildman–Crippen LogP) is 3.05. The summed E-state index contributed by atoms with van der Waals surface area (Å²) in [6.07, 6.45) is 11.1. The summed E-state index contributed by atoms with van der Waals surface area (Å²) in [4.78, 5) is 15.1. The molecule has 1 heterocycles. The van der Waals surface area contributed by atoms with E-state index in [0.717, 1.165) is 18.8 Å². The lowest BCUT2D eigenvalue weighted by atomic mass is 9.96. The topological polar surface area (TPSA) is 32.3 Å². The normalized spacial score (nSPS) is 38.9. The van der Waals surface area contributed by atoms with E-state index in [1.165, 1.54) is 44.9 Å². The third kappa shape index (κ3) is 2.31. The molecule has 1 saturated heterocycles. The molecule has 0 bridgehead atoms. The van der Waals surface area contributed by atoms with Gasteiger partial charge in [-0.2, -0.15) is 0 Å². The summed E-state index contributed by atoms with van der Waals surface area (Å²) >= 11 is 0. The van der Waals surface area contributed by atoms with Crippen LogP contribution in [0.1, 0.15) is 71.6 Å². The van der Waals surface area contributed by atoms with Crippen LogP contribution in [0.15, 0.2) is 0 Å². The molecule has 3 aliphatic rings. The minimum absolute atomic E-state index is 0.183. The summed E-state index contributed by atoms with van der Waals surface area (Å²) in [5.74, 6) is 1.25. The van der Waals surface area contributed by atoms with Gasteiger partial charge in [-0.25, -0.2) is 0 Å². The molecule has 3 atom stereocenters. The average Bonchev–Trinajstić information content (AvgIpc) is 2.85. The number of carbonyl (C=O) groups excluding carboxylic acids is 1. The van der Waals surface area contributed by atoms with Gasteiger partial charge in [0, 0.05) is 6.04 Å². The van der Waals surface area contributed by atoms with Gasteiger partial charge in [0.05, 0.1) is 11.7 Å². The number of amides is 1. The third-order valence-corrected chi connectivity index (χ3v) is 5.62. The van der Waals surface area contributed by atoms with Crippen LogP contribution in [0.4, 0.5) is 0 Å². The van der Waals surface area contributed by atoms with Crippen LogP contribution in [0.2, 0.25) is 0 Å². The number of nitrogens with one attached hydrogen (secondary N) is 1. The summed E-state index contributed by atoms with van der Waals surface area (Å²) in [5, 5.41) is 3.63. The van der Waals surface area contributed by atoms with Crippen LogP contribution in [-0.4, -0.2) is 28.6 Å². The van der Waals surface area contributed by atoms with Crippen molar-refractivity contribution in [3.63, 3.8) is 0 Å². The Labute approximate surface area is 117 Å². The second kappa shape index (κ2) is 5.08. The van der Waals surface area contributed by atoms with Crippen LogP contribution in [0.5, 0.6) is 0 Å². The van der Waals surface area contributed by atoms with Gasteiger partial charge in [0.1, 0.15) is 0 Å². The number of carbonyl (C=O) groups is 1. The Morgan fingerprint density at radius 2 is 1.79 bits per heavy atom. The molecule has 1 spiro atoms. The van der Waals surface area contributed by atoms with Gasteiger partial charge in [0.2, 0.25) is 5.91 Å². The Balaban J connectivity index is 1.75. The maximum atomic E-state index is 12.9. The molecular weight excluding hydrogens is 236 g/mol. The van der Waals surface area contributed by atoms with Crippen LogP contribution >= 0.6 is 0 Å². The molecule has 3 unspecified atom stereocenters. The van der Waals surface area contributed by atoms with E-state index in [-0.39, 0.29) is 11.7 Å². The zero-order valence-electron chi connectivity index (χ0n) is 12.5. The summed E-state index contributed by atoms with van der Waals surface area (Å²) in [5.41, 5.74) is -0.183. The van der Waals surface area contributed by atoms with Crippen LogP contribution < -0.4 is 5.32 Å². The molecule has 0 aromatic rings. The van der Waals surface area contributed by atoms with Gasteiger partial charge in [-0.3, -0.25) is 10.1 Å².